The van der Waals surface area contributed by atoms with Gasteiger partial charge in [0.25, 0.3) is 26.8 Å². The molecule has 0 aromatic rings. The maximum atomic E-state index is 6.53. The highest BCUT2D eigenvalue weighted by Gasteiger charge is 2.64. The second-order valence-electron chi connectivity index (χ2n) is 4.95. The van der Waals surface area contributed by atoms with Crippen LogP contribution in [0.4, 0.5) is 0 Å². The Hall–Kier alpha value is 3.19. The first-order valence-corrected chi connectivity index (χ1v) is 23.0. The van der Waals surface area contributed by atoms with E-state index in [1.165, 1.54) is 0 Å². The molecule has 12 heteroatoms. The van der Waals surface area contributed by atoms with E-state index in [0.717, 1.165) is 0 Å². The number of hydrogen-bond donors (Lipinski definition) is 0. The molecular formula is C6H12Cl8Si4. The van der Waals surface area contributed by atoms with E-state index in [1.54, 1.807) is 0 Å². The van der Waals surface area contributed by atoms with E-state index >= 15 is 0 Å². The first-order chi connectivity index (χ1) is 7.68. The van der Waals surface area contributed by atoms with Crippen molar-refractivity contribution in [2.75, 3.05) is 0 Å². The molecule has 1 aliphatic heterocycles. The minimum absolute atomic E-state index is 0.140. The predicted molar refractivity (Wildman–Crippen MR) is 98.7 cm³/mol. The Kier molecular flexibility index (Phi) is 6.41. The quantitative estimate of drug-likeness (QED) is 0.303. The van der Waals surface area contributed by atoms with Crippen LogP contribution in [0.5, 0.6) is 0 Å². The predicted octanol–water partition coefficient (Wildman–Crippen LogP) is 6.76. The van der Waals surface area contributed by atoms with Crippen molar-refractivity contribution in [1.82, 2.24) is 0 Å². The molecule has 1 fully saturated rings. The fraction of sp³-hybridized carbons (Fsp3) is 1.00. The van der Waals surface area contributed by atoms with Gasteiger partial charge in [-0.1, -0.05) is 0 Å². The minimum Gasteiger partial charge on any atom is -0.146 e. The van der Waals surface area contributed by atoms with Gasteiger partial charge in [-0.25, -0.2) is 0 Å². The van der Waals surface area contributed by atoms with Crippen LogP contribution in [0.15, 0.2) is 0 Å². The summed E-state index contributed by atoms with van der Waals surface area (Å²) in [7, 11) is 0. The maximum absolute atomic E-state index is 6.53. The van der Waals surface area contributed by atoms with Gasteiger partial charge in [0.15, 0.2) is 0 Å². The largest absolute Gasteiger partial charge is 0.253 e. The summed E-state index contributed by atoms with van der Waals surface area (Å²) >= 11 is 51.3. The van der Waals surface area contributed by atoms with E-state index in [0.29, 0.717) is 12.1 Å². The highest BCUT2D eigenvalue weighted by Crippen LogP contribution is 2.62. The minimum atomic E-state index is -2.64. The molecule has 1 saturated heterocycles. The van der Waals surface area contributed by atoms with Crippen LogP contribution >= 0.6 is 88.6 Å². The van der Waals surface area contributed by atoms with Gasteiger partial charge in [-0.3, -0.25) is 0 Å². The Morgan fingerprint density at radius 3 is 1.11 bits per heavy atom. The van der Waals surface area contributed by atoms with Crippen molar-refractivity contribution in [2.45, 2.75) is 35.5 Å². The molecule has 0 aromatic carbocycles. The second kappa shape index (κ2) is 6.00. The molecule has 0 radical (unpaired) electrons. The van der Waals surface area contributed by atoms with Gasteiger partial charge in [0.05, 0.1) is 0 Å². The summed E-state index contributed by atoms with van der Waals surface area (Å²) in [5, 5.41) is -0.279. The van der Waals surface area contributed by atoms with E-state index in [1.807, 2.05) is 13.1 Å². The highest BCUT2D eigenvalue weighted by atomic mass is 35.7. The lowest BCUT2D eigenvalue weighted by Crippen LogP contribution is -2.55. The summed E-state index contributed by atoms with van der Waals surface area (Å²) in [6, 6.07) is 0.996. The standard InChI is InChI=1S/C6H12Cl8Si4/c1-15(7,8)5-3-18(13,14)6(16(2,9)10)4-17(5,11)12/h5-6H,3-4H2,1-2H3/t5-,6+. The Morgan fingerprint density at radius 2 is 0.944 bits per heavy atom. The summed E-state index contributed by atoms with van der Waals surface area (Å²) < 4.78 is 0. The molecule has 0 bridgehead atoms. The average molecular weight is 480 g/mol. The molecule has 0 N–H and O–H groups in total. The van der Waals surface area contributed by atoms with Crippen molar-refractivity contribution in [2.24, 2.45) is 0 Å². The van der Waals surface area contributed by atoms with Crippen molar-refractivity contribution in [1.29, 1.82) is 0 Å². The fourth-order valence-electron chi connectivity index (χ4n) is 2.23. The fourth-order valence-corrected chi connectivity index (χ4v) is 48.7. The van der Waals surface area contributed by atoms with Crippen molar-refractivity contribution >= 4 is 115 Å². The third-order valence-corrected chi connectivity index (χ3v) is 31.0. The van der Waals surface area contributed by atoms with Gasteiger partial charge in [-0.15, -0.1) is 88.6 Å². The number of rotatable bonds is 2. The molecule has 0 spiro atoms. The summed E-state index contributed by atoms with van der Waals surface area (Å²) in [6.07, 6.45) is 0. The molecule has 0 amide bonds. The molecule has 0 nitrogen and oxygen atoms in total. The van der Waals surface area contributed by atoms with Gasteiger partial charge in [0.2, 0.25) is 0 Å². The zero-order chi connectivity index (χ0) is 14.6. The van der Waals surface area contributed by atoms with Crippen LogP contribution in [-0.4, -0.2) is 26.8 Å². The Bertz CT molecular complexity index is 289. The molecule has 2 atom stereocenters. The highest BCUT2D eigenvalue weighted by molar-refractivity contribution is 7.62. The van der Waals surface area contributed by atoms with Crippen LogP contribution in [0.3, 0.4) is 0 Å². The van der Waals surface area contributed by atoms with Crippen LogP contribution in [0.25, 0.3) is 0 Å². The first-order valence-electron chi connectivity index (χ1n) is 5.19. The third kappa shape index (κ3) is 4.59. The summed E-state index contributed by atoms with van der Waals surface area (Å²) in [5.74, 6) is 0. The Morgan fingerprint density at radius 1 is 0.722 bits per heavy atom. The molecule has 1 rings (SSSR count). The van der Waals surface area contributed by atoms with Crippen molar-refractivity contribution in [3.8, 4) is 0 Å². The summed E-state index contributed by atoms with van der Waals surface area (Å²) in [6.45, 7) is -6.73. The Labute approximate surface area is 149 Å². The molecule has 0 aliphatic carbocycles. The molecule has 0 saturated carbocycles. The Balaban J connectivity index is 3.11. The summed E-state index contributed by atoms with van der Waals surface area (Å²) in [5.41, 5.74) is 0. The molecule has 1 aliphatic rings. The van der Waals surface area contributed by atoms with Crippen LogP contribution in [0.1, 0.15) is 0 Å². The smallest absolute Gasteiger partial charge is 0.146 e. The number of hydrogen-bond acceptors (Lipinski definition) is 0. The van der Waals surface area contributed by atoms with Crippen molar-refractivity contribution < 1.29 is 0 Å². The van der Waals surface area contributed by atoms with Gasteiger partial charge in [-0.2, -0.15) is 0 Å². The zero-order valence-corrected chi connectivity index (χ0v) is 19.6. The SMILES string of the molecule is C[Si](Cl)(Cl)[C@H]1C[Si](Cl)(Cl)[C@H]([Si](C)(Cl)Cl)C[Si]1(Cl)Cl. The van der Waals surface area contributed by atoms with Crippen molar-refractivity contribution in [3.63, 3.8) is 0 Å². The van der Waals surface area contributed by atoms with Gasteiger partial charge in [0.1, 0.15) is 0 Å². The lowest BCUT2D eigenvalue weighted by atomic mass is 10.9. The molecule has 18 heavy (non-hydrogen) atoms. The monoisotopic (exact) mass is 476 g/mol. The maximum Gasteiger partial charge on any atom is 0.253 e. The lowest BCUT2D eigenvalue weighted by Gasteiger charge is -2.47. The normalized spacial score (nSPS) is 32.3. The molecule has 0 unspecified atom stereocenters. The van der Waals surface area contributed by atoms with Crippen LogP contribution in [0, 0.1) is 0 Å². The third-order valence-electron chi connectivity index (χ3n) is 3.20. The first kappa shape index (κ1) is 19.2. The van der Waals surface area contributed by atoms with Crippen LogP contribution in [0.2, 0.25) is 35.5 Å². The van der Waals surface area contributed by atoms with E-state index < -0.39 is 26.8 Å². The average Bonchev–Trinajstić information content (AvgIpc) is 2.05. The lowest BCUT2D eigenvalue weighted by molar-refractivity contribution is 1.08. The number of halogens is 8. The van der Waals surface area contributed by atoms with E-state index in [-0.39, 0.29) is 10.3 Å². The van der Waals surface area contributed by atoms with E-state index in [2.05, 4.69) is 0 Å². The second-order valence-corrected chi connectivity index (χ2v) is 36.4. The zero-order valence-electron chi connectivity index (χ0n) is 9.59. The topological polar surface area (TPSA) is 0 Å². The van der Waals surface area contributed by atoms with Gasteiger partial charge in [-0.05, 0) is 25.2 Å². The van der Waals surface area contributed by atoms with Crippen LogP contribution in [-0.2, 0) is 0 Å². The van der Waals surface area contributed by atoms with E-state index in [9.17, 15) is 0 Å². The van der Waals surface area contributed by atoms with E-state index in [4.69, 9.17) is 88.6 Å². The molecule has 0 aromatic heterocycles. The molecule has 1 heterocycles. The molecule has 108 valence electrons. The summed E-state index contributed by atoms with van der Waals surface area (Å²) in [4.78, 5) is 0. The van der Waals surface area contributed by atoms with Crippen LogP contribution < -0.4 is 0 Å². The van der Waals surface area contributed by atoms with Gasteiger partial charge < -0.3 is 0 Å². The van der Waals surface area contributed by atoms with Gasteiger partial charge >= 0.3 is 0 Å². The van der Waals surface area contributed by atoms with Gasteiger partial charge in [0, 0.05) is 10.3 Å². The molecular weight excluding hydrogens is 468 g/mol. The van der Waals surface area contributed by atoms with Crippen molar-refractivity contribution in [3.05, 3.63) is 0 Å².